The van der Waals surface area contributed by atoms with Gasteiger partial charge in [-0.05, 0) is 24.6 Å². The van der Waals surface area contributed by atoms with E-state index < -0.39 is 27.6 Å². The maximum absolute atomic E-state index is 13.7. The first kappa shape index (κ1) is 17.8. The largest absolute Gasteiger partial charge is 0.318 e. The summed E-state index contributed by atoms with van der Waals surface area (Å²) in [7, 11) is -3.19. The molecule has 0 spiro atoms. The van der Waals surface area contributed by atoms with E-state index >= 15 is 0 Å². The van der Waals surface area contributed by atoms with Crippen molar-refractivity contribution in [1.29, 1.82) is 0 Å². The number of nitrogens with one attached hydrogen (secondary N) is 1. The molecule has 1 unspecified atom stereocenters. The number of hydrazone groups is 1. The van der Waals surface area contributed by atoms with Crippen LogP contribution in [0.4, 0.5) is 10.1 Å². The Morgan fingerprint density at radius 1 is 1.36 bits per heavy atom. The molecule has 2 heterocycles. The zero-order valence-corrected chi connectivity index (χ0v) is 14.6. The highest BCUT2D eigenvalue weighted by Gasteiger charge is 2.37. The number of hydrogen-bond donors (Lipinski definition) is 1. The van der Waals surface area contributed by atoms with Gasteiger partial charge in [0.25, 0.3) is 5.91 Å². The molecule has 2 amide bonds. The molecule has 1 fully saturated rings. The summed E-state index contributed by atoms with van der Waals surface area (Å²) in [5.74, 6) is -1.80. The van der Waals surface area contributed by atoms with Crippen molar-refractivity contribution in [3.8, 4) is 0 Å². The first-order chi connectivity index (χ1) is 11.7. The van der Waals surface area contributed by atoms with Crippen LogP contribution in [0.5, 0.6) is 0 Å². The number of carbonyl (C=O) groups is 2. The Morgan fingerprint density at radius 2 is 2.12 bits per heavy atom. The van der Waals surface area contributed by atoms with Crippen LogP contribution in [0, 0.1) is 5.82 Å². The molecule has 10 heteroatoms. The molecule has 134 valence electrons. The number of nitrogens with zero attached hydrogens (tertiary/aromatic N) is 2. The van der Waals surface area contributed by atoms with Gasteiger partial charge in [0.1, 0.15) is 11.5 Å². The number of carbonyl (C=O) groups excluding carboxylic acids is 2. The number of amides is 2. The van der Waals surface area contributed by atoms with Crippen LogP contribution < -0.4 is 5.32 Å². The maximum Gasteiger partial charge on any atom is 0.271 e. The van der Waals surface area contributed by atoms with Crippen LogP contribution in [0.1, 0.15) is 19.3 Å². The summed E-state index contributed by atoms with van der Waals surface area (Å²) in [6, 6.07) is 3.18. The minimum atomic E-state index is -3.19. The molecule has 2 aliphatic heterocycles. The van der Waals surface area contributed by atoms with E-state index in [2.05, 4.69) is 10.4 Å². The van der Waals surface area contributed by atoms with Crippen molar-refractivity contribution in [2.24, 2.45) is 5.10 Å². The van der Waals surface area contributed by atoms with Gasteiger partial charge in [0.2, 0.25) is 5.91 Å². The number of halogens is 2. The van der Waals surface area contributed by atoms with Gasteiger partial charge in [0, 0.05) is 17.9 Å². The molecule has 0 aliphatic carbocycles. The zero-order valence-electron chi connectivity index (χ0n) is 13.0. The van der Waals surface area contributed by atoms with Crippen LogP contribution in [-0.4, -0.2) is 48.5 Å². The topological polar surface area (TPSA) is 95.9 Å². The molecular formula is C15H15ClFN3O4S. The summed E-state index contributed by atoms with van der Waals surface area (Å²) in [5.41, 5.74) is -0.0460. The number of rotatable bonds is 3. The highest BCUT2D eigenvalue weighted by atomic mass is 35.5. The van der Waals surface area contributed by atoms with Gasteiger partial charge < -0.3 is 5.32 Å². The van der Waals surface area contributed by atoms with Crippen molar-refractivity contribution in [2.45, 2.75) is 25.3 Å². The predicted octanol–water partition coefficient (Wildman–Crippen LogP) is 1.58. The molecule has 1 saturated heterocycles. The zero-order chi connectivity index (χ0) is 18.2. The third kappa shape index (κ3) is 3.98. The van der Waals surface area contributed by atoms with E-state index in [4.69, 9.17) is 11.6 Å². The lowest BCUT2D eigenvalue weighted by atomic mass is 10.1. The summed E-state index contributed by atoms with van der Waals surface area (Å²) in [6.45, 7) is 0. The first-order valence-electron chi connectivity index (χ1n) is 7.61. The molecule has 0 aromatic heterocycles. The van der Waals surface area contributed by atoms with Crippen LogP contribution in [0.15, 0.2) is 23.3 Å². The van der Waals surface area contributed by atoms with Crippen LogP contribution in [-0.2, 0) is 19.4 Å². The summed E-state index contributed by atoms with van der Waals surface area (Å²) in [5, 5.41) is 7.74. The van der Waals surface area contributed by atoms with E-state index in [-0.39, 0.29) is 53.1 Å². The smallest absolute Gasteiger partial charge is 0.271 e. The van der Waals surface area contributed by atoms with Gasteiger partial charge in [0.15, 0.2) is 9.84 Å². The number of benzene rings is 1. The third-order valence-electron chi connectivity index (χ3n) is 4.05. The first-order valence-corrected chi connectivity index (χ1v) is 9.81. The van der Waals surface area contributed by atoms with Crippen molar-refractivity contribution < 1.29 is 22.4 Å². The lowest BCUT2D eigenvalue weighted by molar-refractivity contribution is -0.133. The minimum absolute atomic E-state index is 0.00772. The van der Waals surface area contributed by atoms with E-state index in [9.17, 15) is 22.4 Å². The van der Waals surface area contributed by atoms with E-state index in [1.165, 1.54) is 12.1 Å². The highest BCUT2D eigenvalue weighted by molar-refractivity contribution is 7.91. The quantitative estimate of drug-likeness (QED) is 0.851. The monoisotopic (exact) mass is 387 g/mol. The Labute approximate surface area is 148 Å². The van der Waals surface area contributed by atoms with Crippen LogP contribution >= 0.6 is 11.6 Å². The molecule has 0 radical (unpaired) electrons. The maximum atomic E-state index is 13.7. The Kier molecular flexibility index (Phi) is 4.79. The van der Waals surface area contributed by atoms with Crippen LogP contribution in [0.2, 0.25) is 5.02 Å². The normalized spacial score (nSPS) is 22.6. The number of sulfone groups is 1. The molecule has 3 rings (SSSR count). The lowest BCUT2D eigenvalue weighted by Crippen LogP contribution is -2.42. The van der Waals surface area contributed by atoms with Crippen LogP contribution in [0.25, 0.3) is 0 Å². The fraction of sp³-hybridized carbons (Fsp3) is 0.400. The van der Waals surface area contributed by atoms with Crippen molar-refractivity contribution in [1.82, 2.24) is 5.01 Å². The Hall–Kier alpha value is -2.00. The van der Waals surface area contributed by atoms with Gasteiger partial charge in [-0.2, -0.15) is 5.10 Å². The molecule has 0 bridgehead atoms. The van der Waals surface area contributed by atoms with E-state index in [0.717, 1.165) is 11.1 Å². The van der Waals surface area contributed by atoms with Gasteiger partial charge >= 0.3 is 0 Å². The molecule has 25 heavy (non-hydrogen) atoms. The average Bonchev–Trinajstić information content (AvgIpc) is 2.91. The van der Waals surface area contributed by atoms with Gasteiger partial charge in [-0.15, -0.1) is 0 Å². The lowest BCUT2D eigenvalue weighted by Gasteiger charge is -2.27. The molecule has 1 N–H and O–H groups in total. The summed E-state index contributed by atoms with van der Waals surface area (Å²) in [4.78, 5) is 24.4. The Balaban J connectivity index is 1.79. The fourth-order valence-electron chi connectivity index (χ4n) is 2.78. The fourth-order valence-corrected chi connectivity index (χ4v) is 4.64. The molecule has 0 saturated carbocycles. The van der Waals surface area contributed by atoms with Crippen molar-refractivity contribution in [3.63, 3.8) is 0 Å². The predicted molar refractivity (Wildman–Crippen MR) is 90.6 cm³/mol. The van der Waals surface area contributed by atoms with Gasteiger partial charge in [-0.3, -0.25) is 9.59 Å². The van der Waals surface area contributed by atoms with E-state index in [1.807, 2.05) is 0 Å². The minimum Gasteiger partial charge on any atom is -0.318 e. The molecular weight excluding hydrogens is 373 g/mol. The standard InChI is InChI=1S/C15H15ClFN3O4S/c16-9-1-2-11(17)13(7-9)18-15(22)12-3-4-14(21)20(19-12)10-5-6-25(23,24)8-10/h1-2,7,10H,3-6,8H2,(H,18,22). The average molecular weight is 388 g/mol. The van der Waals surface area contributed by atoms with Crippen molar-refractivity contribution in [3.05, 3.63) is 29.0 Å². The van der Waals surface area contributed by atoms with E-state index in [1.54, 1.807) is 0 Å². The Bertz CT molecular complexity index is 872. The summed E-state index contributed by atoms with van der Waals surface area (Å²) < 4.78 is 36.9. The summed E-state index contributed by atoms with van der Waals surface area (Å²) in [6.07, 6.45) is 0.430. The third-order valence-corrected chi connectivity index (χ3v) is 6.04. The molecule has 2 aliphatic rings. The van der Waals surface area contributed by atoms with Gasteiger partial charge in [0.05, 0.1) is 23.2 Å². The number of hydrogen-bond acceptors (Lipinski definition) is 5. The van der Waals surface area contributed by atoms with Gasteiger partial charge in [-0.1, -0.05) is 11.6 Å². The number of anilines is 1. The van der Waals surface area contributed by atoms with Crippen LogP contribution in [0.3, 0.4) is 0 Å². The molecule has 1 aromatic rings. The molecule has 7 nitrogen and oxygen atoms in total. The SMILES string of the molecule is O=C(Nc1cc(Cl)ccc1F)C1=NN(C2CCS(=O)(=O)C2)C(=O)CC1. The highest BCUT2D eigenvalue weighted by Crippen LogP contribution is 2.23. The molecule has 1 aromatic carbocycles. The second kappa shape index (κ2) is 6.72. The van der Waals surface area contributed by atoms with Gasteiger partial charge in [-0.25, -0.2) is 17.8 Å². The summed E-state index contributed by atoms with van der Waals surface area (Å²) >= 11 is 5.78. The second-order valence-electron chi connectivity index (χ2n) is 5.92. The Morgan fingerprint density at radius 3 is 2.80 bits per heavy atom. The van der Waals surface area contributed by atoms with Crippen molar-refractivity contribution >= 4 is 44.7 Å². The second-order valence-corrected chi connectivity index (χ2v) is 8.59. The van der Waals surface area contributed by atoms with E-state index in [0.29, 0.717) is 0 Å². The molecule has 1 atom stereocenters. The van der Waals surface area contributed by atoms with Crippen molar-refractivity contribution in [2.75, 3.05) is 16.8 Å².